The Morgan fingerprint density at radius 3 is 3.04 bits per heavy atom. The van der Waals surface area contributed by atoms with E-state index in [9.17, 15) is 0 Å². The SMILES string of the molecule is CSc1nn(Cc2nc3cc(Cl)ccc3n2CC2CCOC2)c2cnccc12. The Hall–Kier alpha value is -2.09. The predicted octanol–water partition coefficient (Wildman–Crippen LogP) is 4.24. The van der Waals surface area contributed by atoms with Crippen LogP contribution in [0.2, 0.25) is 5.02 Å². The molecule has 4 aromatic rings. The molecule has 0 radical (unpaired) electrons. The molecule has 1 atom stereocenters. The van der Waals surface area contributed by atoms with E-state index >= 15 is 0 Å². The lowest BCUT2D eigenvalue weighted by Gasteiger charge is -2.13. The highest BCUT2D eigenvalue weighted by molar-refractivity contribution is 7.98. The zero-order chi connectivity index (χ0) is 19.1. The summed E-state index contributed by atoms with van der Waals surface area (Å²) in [5.41, 5.74) is 3.04. The highest BCUT2D eigenvalue weighted by atomic mass is 35.5. The van der Waals surface area contributed by atoms with Crippen LogP contribution < -0.4 is 0 Å². The molecule has 5 rings (SSSR count). The lowest BCUT2D eigenvalue weighted by molar-refractivity contribution is 0.182. The minimum atomic E-state index is 0.504. The van der Waals surface area contributed by atoms with Gasteiger partial charge in [-0.1, -0.05) is 11.6 Å². The molecular formula is C20H20ClN5OS. The van der Waals surface area contributed by atoms with Gasteiger partial charge in [0, 0.05) is 35.7 Å². The van der Waals surface area contributed by atoms with E-state index in [0.717, 1.165) is 59.0 Å². The molecule has 4 heterocycles. The standard InChI is InChI=1S/C20H20ClN5OS/c1-28-20-15-4-6-22-9-18(15)26(24-20)11-19-23-16-8-14(21)2-3-17(16)25(19)10-13-5-7-27-12-13/h2-4,6,8-9,13H,5,7,10-12H2,1H3. The molecule has 0 aliphatic carbocycles. The first-order chi connectivity index (χ1) is 13.7. The molecule has 144 valence electrons. The summed E-state index contributed by atoms with van der Waals surface area (Å²) in [6.45, 7) is 3.12. The first kappa shape index (κ1) is 18.0. The molecule has 6 nitrogen and oxygen atoms in total. The van der Waals surface area contributed by atoms with Gasteiger partial charge in [0.25, 0.3) is 0 Å². The lowest BCUT2D eigenvalue weighted by atomic mass is 10.1. The van der Waals surface area contributed by atoms with Crippen molar-refractivity contribution in [2.45, 2.75) is 24.5 Å². The van der Waals surface area contributed by atoms with E-state index in [1.54, 1.807) is 11.8 Å². The van der Waals surface area contributed by atoms with Gasteiger partial charge in [-0.2, -0.15) is 5.10 Å². The molecule has 0 saturated carbocycles. The highest BCUT2D eigenvalue weighted by Crippen LogP contribution is 2.27. The fourth-order valence-electron chi connectivity index (χ4n) is 3.86. The summed E-state index contributed by atoms with van der Waals surface area (Å²) in [6.07, 6.45) is 6.81. The third-order valence-electron chi connectivity index (χ3n) is 5.26. The molecule has 3 aromatic heterocycles. The maximum Gasteiger partial charge on any atom is 0.131 e. The van der Waals surface area contributed by atoms with Crippen molar-refractivity contribution in [3.05, 3.63) is 47.5 Å². The average Bonchev–Trinajstić information content (AvgIpc) is 3.41. The van der Waals surface area contributed by atoms with E-state index in [2.05, 4.69) is 15.6 Å². The van der Waals surface area contributed by atoms with Gasteiger partial charge < -0.3 is 9.30 Å². The van der Waals surface area contributed by atoms with Gasteiger partial charge in [-0.3, -0.25) is 9.67 Å². The quantitative estimate of drug-likeness (QED) is 0.458. The summed E-state index contributed by atoms with van der Waals surface area (Å²) >= 11 is 7.86. The number of pyridine rings is 1. The number of imidazole rings is 1. The molecule has 0 N–H and O–H groups in total. The summed E-state index contributed by atoms with van der Waals surface area (Å²) in [4.78, 5) is 9.19. The number of hydrogen-bond donors (Lipinski definition) is 0. The number of fused-ring (bicyclic) bond motifs is 2. The molecule has 0 bridgehead atoms. The van der Waals surface area contributed by atoms with Crippen LogP contribution in [-0.4, -0.2) is 43.8 Å². The first-order valence-electron chi connectivity index (χ1n) is 9.30. The van der Waals surface area contributed by atoms with E-state index in [4.69, 9.17) is 26.4 Å². The van der Waals surface area contributed by atoms with Gasteiger partial charge in [0.15, 0.2) is 0 Å². The lowest BCUT2D eigenvalue weighted by Crippen LogP contribution is -2.15. The van der Waals surface area contributed by atoms with Crippen molar-refractivity contribution < 1.29 is 4.74 Å². The monoisotopic (exact) mass is 413 g/mol. The van der Waals surface area contributed by atoms with E-state index in [0.29, 0.717) is 17.5 Å². The number of thioether (sulfide) groups is 1. The molecule has 0 spiro atoms. The Morgan fingerprint density at radius 1 is 1.29 bits per heavy atom. The summed E-state index contributed by atoms with van der Waals surface area (Å²) in [5, 5.41) is 7.63. The van der Waals surface area contributed by atoms with Crippen LogP contribution in [0.1, 0.15) is 12.2 Å². The van der Waals surface area contributed by atoms with Gasteiger partial charge in [-0.15, -0.1) is 11.8 Å². The minimum absolute atomic E-state index is 0.504. The van der Waals surface area contributed by atoms with Crippen LogP contribution in [0.4, 0.5) is 0 Å². The molecule has 1 unspecified atom stereocenters. The number of rotatable bonds is 5. The number of nitrogens with zero attached hydrogens (tertiary/aromatic N) is 5. The molecule has 1 aliphatic rings. The van der Waals surface area contributed by atoms with Gasteiger partial charge in [0.2, 0.25) is 0 Å². The molecule has 8 heteroatoms. The van der Waals surface area contributed by atoms with Crippen LogP contribution in [0.15, 0.2) is 41.7 Å². The largest absolute Gasteiger partial charge is 0.381 e. The molecule has 0 amide bonds. The van der Waals surface area contributed by atoms with Crippen molar-refractivity contribution in [2.24, 2.45) is 5.92 Å². The molecular weight excluding hydrogens is 394 g/mol. The van der Waals surface area contributed by atoms with Crippen molar-refractivity contribution >= 4 is 45.3 Å². The zero-order valence-electron chi connectivity index (χ0n) is 15.5. The van der Waals surface area contributed by atoms with Crippen LogP contribution in [0, 0.1) is 5.92 Å². The zero-order valence-corrected chi connectivity index (χ0v) is 17.1. The van der Waals surface area contributed by atoms with Crippen molar-refractivity contribution in [3.63, 3.8) is 0 Å². The number of ether oxygens (including phenoxy) is 1. The molecule has 1 aromatic carbocycles. The van der Waals surface area contributed by atoms with E-state index in [1.807, 2.05) is 41.5 Å². The van der Waals surface area contributed by atoms with E-state index in [-0.39, 0.29) is 0 Å². The van der Waals surface area contributed by atoms with Crippen LogP contribution >= 0.6 is 23.4 Å². The second-order valence-electron chi connectivity index (χ2n) is 7.06. The first-order valence-corrected chi connectivity index (χ1v) is 10.9. The Balaban J connectivity index is 1.60. The summed E-state index contributed by atoms with van der Waals surface area (Å²) in [5.74, 6) is 1.48. The van der Waals surface area contributed by atoms with E-state index < -0.39 is 0 Å². The topological polar surface area (TPSA) is 57.8 Å². The van der Waals surface area contributed by atoms with Crippen LogP contribution in [-0.2, 0) is 17.8 Å². The fourth-order valence-corrected chi connectivity index (χ4v) is 4.60. The number of halogens is 1. The van der Waals surface area contributed by atoms with Crippen molar-refractivity contribution in [2.75, 3.05) is 19.5 Å². The van der Waals surface area contributed by atoms with E-state index in [1.165, 1.54) is 0 Å². The third-order valence-corrected chi connectivity index (χ3v) is 6.18. The van der Waals surface area contributed by atoms with Crippen LogP contribution in [0.25, 0.3) is 21.9 Å². The van der Waals surface area contributed by atoms with Crippen LogP contribution in [0.5, 0.6) is 0 Å². The Morgan fingerprint density at radius 2 is 2.21 bits per heavy atom. The minimum Gasteiger partial charge on any atom is -0.381 e. The molecule has 1 fully saturated rings. The molecule has 1 saturated heterocycles. The van der Waals surface area contributed by atoms with Gasteiger partial charge in [-0.05, 0) is 36.9 Å². The van der Waals surface area contributed by atoms with Crippen molar-refractivity contribution in [3.8, 4) is 0 Å². The predicted molar refractivity (Wildman–Crippen MR) is 112 cm³/mol. The smallest absolute Gasteiger partial charge is 0.131 e. The molecule has 28 heavy (non-hydrogen) atoms. The summed E-state index contributed by atoms with van der Waals surface area (Å²) in [6, 6.07) is 7.93. The maximum absolute atomic E-state index is 6.21. The Labute approximate surface area is 171 Å². The van der Waals surface area contributed by atoms with Crippen molar-refractivity contribution in [1.82, 2.24) is 24.3 Å². The highest BCUT2D eigenvalue weighted by Gasteiger charge is 2.21. The van der Waals surface area contributed by atoms with Gasteiger partial charge in [0.1, 0.15) is 10.9 Å². The van der Waals surface area contributed by atoms with Gasteiger partial charge in [0.05, 0.1) is 35.9 Å². The number of hydrogen-bond acceptors (Lipinski definition) is 5. The fraction of sp³-hybridized carbons (Fsp3) is 0.350. The van der Waals surface area contributed by atoms with Gasteiger partial charge in [-0.25, -0.2) is 4.98 Å². The van der Waals surface area contributed by atoms with Crippen LogP contribution in [0.3, 0.4) is 0 Å². The Bertz CT molecular complexity index is 1150. The number of aromatic nitrogens is 5. The third kappa shape index (κ3) is 3.17. The summed E-state index contributed by atoms with van der Waals surface area (Å²) in [7, 11) is 0. The summed E-state index contributed by atoms with van der Waals surface area (Å²) < 4.78 is 9.89. The Kier molecular flexibility index (Phi) is 4.74. The molecule has 1 aliphatic heterocycles. The van der Waals surface area contributed by atoms with Gasteiger partial charge >= 0.3 is 0 Å². The maximum atomic E-state index is 6.21. The second-order valence-corrected chi connectivity index (χ2v) is 8.29. The van der Waals surface area contributed by atoms with Crippen molar-refractivity contribution in [1.29, 1.82) is 0 Å². The second kappa shape index (κ2) is 7.39. The normalized spacial score (nSPS) is 17.1. The average molecular weight is 414 g/mol. The number of benzene rings is 1.